The topological polar surface area (TPSA) is 101 Å². The van der Waals surface area contributed by atoms with E-state index in [1.165, 1.54) is 19.2 Å². The molecule has 0 bridgehead atoms. The molecule has 2 atom stereocenters. The van der Waals surface area contributed by atoms with Crippen molar-refractivity contribution >= 4 is 27.4 Å². The number of sulfonamides is 1. The van der Waals surface area contributed by atoms with E-state index in [1.807, 2.05) is 0 Å². The Bertz CT molecular complexity index is 1310. The van der Waals surface area contributed by atoms with Crippen molar-refractivity contribution < 1.29 is 31.8 Å². The molecular weight excluding hydrogens is 468 g/mol. The van der Waals surface area contributed by atoms with Gasteiger partial charge in [-0.1, -0.05) is 6.92 Å². The molecule has 1 N–H and O–H groups in total. The maximum atomic E-state index is 14.5. The Morgan fingerprint density at radius 3 is 2.62 bits per heavy atom. The normalized spacial score (nSPS) is 21.3. The zero-order valence-corrected chi connectivity index (χ0v) is 19.6. The van der Waals surface area contributed by atoms with Crippen LogP contribution in [0.5, 0.6) is 5.75 Å². The smallest absolute Gasteiger partial charge is 0.351 e. The summed E-state index contributed by atoms with van der Waals surface area (Å²) in [4.78, 5) is 19.2. The van der Waals surface area contributed by atoms with Gasteiger partial charge in [0, 0.05) is 19.2 Å². The first-order valence-corrected chi connectivity index (χ1v) is 11.7. The van der Waals surface area contributed by atoms with Gasteiger partial charge in [-0.05, 0) is 42.0 Å². The molecule has 2 aromatic rings. The van der Waals surface area contributed by atoms with Crippen molar-refractivity contribution in [1.29, 1.82) is 0 Å². The van der Waals surface area contributed by atoms with Gasteiger partial charge < -0.3 is 9.84 Å². The summed E-state index contributed by atoms with van der Waals surface area (Å²) in [6.07, 6.45) is -0.518. The van der Waals surface area contributed by atoms with Crippen LogP contribution in [0.3, 0.4) is 0 Å². The standard InChI is InChI=1S/C23H23F2N3O5S/c1-14-12-28(34(31,32)21-8-6-16(33-4)10-18(21)25)13-23(14,2)27-20(11-22(29)30)17-7-5-15(24)9-19(17)26-3/h3,5-10,14H,11-13H2,1-2,4H3/p+1/t14-,23-/m1/s1. The Hall–Kier alpha value is -3.36. The molecule has 180 valence electrons. The first-order chi connectivity index (χ1) is 15.9. The lowest BCUT2D eigenvalue weighted by Crippen LogP contribution is -2.35. The average molecular weight is 493 g/mol. The second-order valence-corrected chi connectivity index (χ2v) is 10.2. The SMILES string of the molecule is C#[N+]c1cc(F)ccc1C(CC(=O)O)=N[C@]1(C)CN(S(=O)(=O)c2ccc(OC)cc2F)C[C@H]1C. The lowest BCUT2D eigenvalue weighted by molar-refractivity contribution is -0.135. The monoisotopic (exact) mass is 492 g/mol. The van der Waals surface area contributed by atoms with Crippen molar-refractivity contribution in [2.45, 2.75) is 30.7 Å². The van der Waals surface area contributed by atoms with Crippen molar-refractivity contribution in [3.05, 3.63) is 58.4 Å². The molecule has 1 fully saturated rings. The minimum Gasteiger partial charge on any atom is -0.497 e. The lowest BCUT2D eigenvalue weighted by Gasteiger charge is -2.25. The summed E-state index contributed by atoms with van der Waals surface area (Å²) in [5, 5.41) is 9.42. The third-order valence-electron chi connectivity index (χ3n) is 5.91. The first-order valence-electron chi connectivity index (χ1n) is 10.3. The number of nitrogens with zero attached hydrogens (tertiary/aromatic N) is 3. The summed E-state index contributed by atoms with van der Waals surface area (Å²) >= 11 is 0. The molecule has 8 nitrogen and oxygen atoms in total. The molecule has 1 saturated heterocycles. The van der Waals surface area contributed by atoms with Gasteiger partial charge in [-0.15, -0.1) is 0 Å². The minimum atomic E-state index is -4.21. The molecule has 1 aliphatic rings. The van der Waals surface area contributed by atoms with Gasteiger partial charge in [-0.3, -0.25) is 9.79 Å². The number of hydrogen-bond donors (Lipinski definition) is 1. The Labute approximate surface area is 196 Å². The van der Waals surface area contributed by atoms with E-state index < -0.39 is 44.5 Å². The Morgan fingerprint density at radius 1 is 1.32 bits per heavy atom. The van der Waals surface area contributed by atoms with Gasteiger partial charge in [0.05, 0.1) is 36.4 Å². The van der Waals surface area contributed by atoms with Crippen LogP contribution in [-0.2, 0) is 14.8 Å². The predicted octanol–water partition coefficient (Wildman–Crippen LogP) is 3.93. The molecule has 11 heteroatoms. The highest BCUT2D eigenvalue weighted by atomic mass is 32.2. The number of benzene rings is 2. The largest absolute Gasteiger partial charge is 0.497 e. The third kappa shape index (κ3) is 4.93. The molecule has 0 unspecified atom stereocenters. The highest BCUT2D eigenvalue weighted by Gasteiger charge is 2.46. The minimum absolute atomic E-state index is 0.0130. The van der Waals surface area contributed by atoms with Crippen LogP contribution in [0.15, 0.2) is 46.3 Å². The van der Waals surface area contributed by atoms with E-state index in [0.717, 1.165) is 28.6 Å². The van der Waals surface area contributed by atoms with Crippen molar-refractivity contribution in [2.24, 2.45) is 10.9 Å². The molecule has 2 aromatic carbocycles. The van der Waals surface area contributed by atoms with Gasteiger partial charge in [0.2, 0.25) is 10.0 Å². The highest BCUT2D eigenvalue weighted by Crippen LogP contribution is 2.37. The van der Waals surface area contributed by atoms with Gasteiger partial charge in [-0.2, -0.15) is 4.31 Å². The number of rotatable bonds is 7. The number of methoxy groups -OCH3 is 1. The molecule has 0 aliphatic carbocycles. The number of aliphatic carboxylic acids is 1. The summed E-state index contributed by atoms with van der Waals surface area (Å²) in [5.74, 6) is -2.92. The van der Waals surface area contributed by atoms with Crippen molar-refractivity contribution in [3.63, 3.8) is 0 Å². The Kier molecular flexibility index (Phi) is 7.05. The van der Waals surface area contributed by atoms with Crippen LogP contribution >= 0.6 is 0 Å². The zero-order chi connectivity index (χ0) is 25.3. The summed E-state index contributed by atoms with van der Waals surface area (Å²) < 4.78 is 60.6. The van der Waals surface area contributed by atoms with E-state index in [1.54, 1.807) is 13.8 Å². The molecule has 0 aromatic heterocycles. The third-order valence-corrected chi connectivity index (χ3v) is 7.76. The quantitative estimate of drug-likeness (QED) is 0.591. The fourth-order valence-corrected chi connectivity index (χ4v) is 5.54. The number of hydrogen-bond acceptors (Lipinski definition) is 5. The van der Waals surface area contributed by atoms with Crippen LogP contribution in [0.2, 0.25) is 0 Å². The summed E-state index contributed by atoms with van der Waals surface area (Å²) in [6.45, 7) is 8.72. The molecule has 0 radical (unpaired) electrons. The lowest BCUT2D eigenvalue weighted by atomic mass is 9.90. The second-order valence-electron chi connectivity index (χ2n) is 8.27. The van der Waals surface area contributed by atoms with E-state index in [9.17, 15) is 27.1 Å². The van der Waals surface area contributed by atoms with Crippen molar-refractivity contribution in [3.8, 4) is 12.3 Å². The van der Waals surface area contributed by atoms with E-state index >= 15 is 0 Å². The number of aliphatic imine (C=N–C) groups is 1. The maximum Gasteiger partial charge on any atom is 0.351 e. The van der Waals surface area contributed by atoms with Crippen molar-refractivity contribution in [1.82, 2.24) is 4.31 Å². The van der Waals surface area contributed by atoms with E-state index in [-0.39, 0.29) is 41.7 Å². The predicted molar refractivity (Wildman–Crippen MR) is 122 cm³/mol. The van der Waals surface area contributed by atoms with Crippen LogP contribution in [0.1, 0.15) is 25.8 Å². The fourth-order valence-electron chi connectivity index (χ4n) is 3.87. The van der Waals surface area contributed by atoms with Crippen LogP contribution in [-0.4, -0.2) is 55.2 Å². The number of halogens is 2. The first kappa shape index (κ1) is 25.3. The van der Waals surface area contributed by atoms with E-state index in [0.29, 0.717) is 0 Å². The fraction of sp³-hybridized carbons (Fsp3) is 0.348. The van der Waals surface area contributed by atoms with Crippen LogP contribution in [0.25, 0.3) is 4.85 Å². The number of ether oxygens (including phenoxy) is 1. The molecule has 0 spiro atoms. The number of carbonyl (C=O) groups is 1. The summed E-state index contributed by atoms with van der Waals surface area (Å²) in [7, 11) is -2.87. The summed E-state index contributed by atoms with van der Waals surface area (Å²) in [6, 6.07) is 6.98. The van der Waals surface area contributed by atoms with E-state index in [2.05, 4.69) is 9.84 Å². The molecule has 1 aliphatic heterocycles. The van der Waals surface area contributed by atoms with Crippen molar-refractivity contribution in [2.75, 3.05) is 20.2 Å². The van der Waals surface area contributed by atoms with Gasteiger partial charge in [0.1, 0.15) is 22.3 Å². The molecule has 1 heterocycles. The average Bonchev–Trinajstić information content (AvgIpc) is 3.07. The number of carboxylic acids is 1. The summed E-state index contributed by atoms with van der Waals surface area (Å²) in [5.41, 5.74) is -0.747. The molecule has 3 rings (SSSR count). The Morgan fingerprint density at radius 2 is 2.03 bits per heavy atom. The number of carboxylic acid groups (broad SMARTS) is 1. The van der Waals surface area contributed by atoms with Gasteiger partial charge >= 0.3 is 11.7 Å². The molecule has 0 saturated carbocycles. The maximum absolute atomic E-state index is 14.5. The van der Waals surface area contributed by atoms with Crippen LogP contribution in [0, 0.1) is 24.1 Å². The molecular formula is C23H24F2N3O5S+. The van der Waals surface area contributed by atoms with E-state index in [4.69, 9.17) is 11.3 Å². The second kappa shape index (κ2) is 9.48. The van der Waals surface area contributed by atoms with Gasteiger partial charge in [-0.25, -0.2) is 17.2 Å². The van der Waals surface area contributed by atoms with Crippen LogP contribution < -0.4 is 4.74 Å². The molecule has 0 amide bonds. The van der Waals surface area contributed by atoms with Gasteiger partial charge in [0.15, 0.2) is 0 Å². The molecule has 34 heavy (non-hydrogen) atoms. The highest BCUT2D eigenvalue weighted by molar-refractivity contribution is 7.89. The Balaban J connectivity index is 2.02. The van der Waals surface area contributed by atoms with Gasteiger partial charge in [0.25, 0.3) is 6.57 Å². The van der Waals surface area contributed by atoms with Crippen LogP contribution in [0.4, 0.5) is 14.5 Å². The zero-order valence-electron chi connectivity index (χ0n) is 18.8.